The molecule has 0 bridgehead atoms. The molecule has 0 aromatic carbocycles. The van der Waals surface area contributed by atoms with Crippen molar-refractivity contribution >= 4 is 5.97 Å². The number of methoxy groups -OCH3 is 2. The molecule has 0 rings (SSSR count). The van der Waals surface area contributed by atoms with Crippen molar-refractivity contribution < 1.29 is 14.3 Å². The third-order valence-corrected chi connectivity index (χ3v) is 1.33. The molecule has 0 spiro atoms. The van der Waals surface area contributed by atoms with E-state index < -0.39 is 0 Å². The number of carbonyl (C=O) groups excluding carboxylic acids is 1. The molecule has 0 aliphatic rings. The first-order chi connectivity index (χ1) is 4.63. The summed E-state index contributed by atoms with van der Waals surface area (Å²) in [7, 11) is 2.86. The first-order valence-corrected chi connectivity index (χ1v) is 2.93. The van der Waals surface area contributed by atoms with E-state index in [-0.39, 0.29) is 5.97 Å². The van der Waals surface area contributed by atoms with Crippen molar-refractivity contribution in [2.24, 2.45) is 0 Å². The highest BCUT2D eigenvalue weighted by Crippen LogP contribution is 2.04. The fourth-order valence-corrected chi connectivity index (χ4v) is 0.450. The molecule has 0 heterocycles. The van der Waals surface area contributed by atoms with Crippen molar-refractivity contribution in [3.63, 3.8) is 0 Å². The van der Waals surface area contributed by atoms with Crippen molar-refractivity contribution in [3.8, 4) is 0 Å². The zero-order valence-corrected chi connectivity index (χ0v) is 6.72. The second-order valence-electron chi connectivity index (χ2n) is 1.88. The van der Waals surface area contributed by atoms with Gasteiger partial charge in [0.25, 0.3) is 0 Å². The van der Waals surface area contributed by atoms with Gasteiger partial charge in [0, 0.05) is 0 Å². The van der Waals surface area contributed by atoms with Gasteiger partial charge >= 0.3 is 5.97 Å². The van der Waals surface area contributed by atoms with Crippen LogP contribution in [0.25, 0.3) is 0 Å². The number of allylic oxidation sites excluding steroid dienone is 1. The summed E-state index contributed by atoms with van der Waals surface area (Å²) in [5.74, 6) is 0.242. The SMILES string of the molecule is COC(=O)/C(C)=C(\C)OC. The molecule has 0 saturated carbocycles. The van der Waals surface area contributed by atoms with Gasteiger partial charge in [-0.3, -0.25) is 0 Å². The molecule has 0 fully saturated rings. The maximum absolute atomic E-state index is 10.8. The van der Waals surface area contributed by atoms with E-state index in [0.717, 1.165) is 0 Å². The van der Waals surface area contributed by atoms with Crippen LogP contribution in [-0.4, -0.2) is 20.2 Å². The Morgan fingerprint density at radius 1 is 1.10 bits per heavy atom. The van der Waals surface area contributed by atoms with E-state index in [1.54, 1.807) is 13.8 Å². The quantitative estimate of drug-likeness (QED) is 0.331. The highest BCUT2D eigenvalue weighted by Gasteiger charge is 2.06. The molecule has 0 aliphatic heterocycles. The molecular formula is C7H12O3. The van der Waals surface area contributed by atoms with E-state index in [4.69, 9.17) is 4.74 Å². The summed E-state index contributed by atoms with van der Waals surface area (Å²) in [6, 6.07) is 0. The number of carbonyl (C=O) groups is 1. The molecule has 58 valence electrons. The summed E-state index contributed by atoms with van der Waals surface area (Å²) in [6.07, 6.45) is 0. The van der Waals surface area contributed by atoms with Gasteiger partial charge in [0.1, 0.15) is 5.76 Å². The van der Waals surface area contributed by atoms with E-state index >= 15 is 0 Å². The van der Waals surface area contributed by atoms with Crippen molar-refractivity contribution in [2.45, 2.75) is 13.8 Å². The van der Waals surface area contributed by atoms with Crippen molar-refractivity contribution in [2.75, 3.05) is 14.2 Å². The number of esters is 1. The minimum Gasteiger partial charge on any atom is -0.501 e. The maximum Gasteiger partial charge on any atom is 0.336 e. The molecule has 0 aromatic rings. The smallest absolute Gasteiger partial charge is 0.336 e. The summed E-state index contributed by atoms with van der Waals surface area (Å²) in [6.45, 7) is 3.37. The van der Waals surface area contributed by atoms with Crippen LogP contribution in [0.2, 0.25) is 0 Å². The number of hydrogen-bond donors (Lipinski definition) is 0. The zero-order valence-electron chi connectivity index (χ0n) is 6.72. The summed E-state index contributed by atoms with van der Waals surface area (Å²) in [5, 5.41) is 0. The summed E-state index contributed by atoms with van der Waals surface area (Å²) in [4.78, 5) is 10.8. The molecule has 0 amide bonds. The number of ether oxygens (including phenoxy) is 2. The van der Waals surface area contributed by atoms with Gasteiger partial charge in [0.05, 0.1) is 19.8 Å². The molecule has 3 heteroatoms. The predicted molar refractivity (Wildman–Crippen MR) is 37.4 cm³/mol. The van der Waals surface area contributed by atoms with Crippen LogP contribution in [0.15, 0.2) is 11.3 Å². The lowest BCUT2D eigenvalue weighted by atomic mass is 10.3. The van der Waals surface area contributed by atoms with Crippen LogP contribution < -0.4 is 0 Å². The van der Waals surface area contributed by atoms with E-state index in [1.165, 1.54) is 14.2 Å². The van der Waals surface area contributed by atoms with Crippen LogP contribution in [0.1, 0.15) is 13.8 Å². The normalized spacial score (nSPS) is 12.0. The standard InChI is InChI=1S/C7H12O3/c1-5(6(2)9-3)7(8)10-4/h1-4H3/b6-5+. The third kappa shape index (κ3) is 2.09. The minimum atomic E-state index is -0.348. The highest BCUT2D eigenvalue weighted by molar-refractivity contribution is 5.88. The minimum absolute atomic E-state index is 0.348. The van der Waals surface area contributed by atoms with Crippen molar-refractivity contribution in [3.05, 3.63) is 11.3 Å². The Labute approximate surface area is 60.6 Å². The van der Waals surface area contributed by atoms with Gasteiger partial charge in [-0.05, 0) is 13.8 Å². The Hall–Kier alpha value is -0.990. The zero-order chi connectivity index (χ0) is 8.15. The van der Waals surface area contributed by atoms with Crippen molar-refractivity contribution in [1.29, 1.82) is 0 Å². The topological polar surface area (TPSA) is 35.5 Å². The highest BCUT2D eigenvalue weighted by atomic mass is 16.5. The Balaban J connectivity index is 4.30. The van der Waals surface area contributed by atoms with Crippen LogP contribution in [0.5, 0.6) is 0 Å². The maximum atomic E-state index is 10.8. The molecule has 0 atom stereocenters. The van der Waals surface area contributed by atoms with Gasteiger partial charge in [-0.25, -0.2) is 4.79 Å². The van der Waals surface area contributed by atoms with Crippen LogP contribution in [0, 0.1) is 0 Å². The van der Waals surface area contributed by atoms with Gasteiger partial charge in [-0.1, -0.05) is 0 Å². The predicted octanol–water partition coefficient (Wildman–Crippen LogP) is 1.10. The molecule has 0 saturated heterocycles. The Morgan fingerprint density at radius 3 is 1.90 bits per heavy atom. The van der Waals surface area contributed by atoms with E-state index in [1.807, 2.05) is 0 Å². The largest absolute Gasteiger partial charge is 0.501 e. The molecular weight excluding hydrogens is 132 g/mol. The van der Waals surface area contributed by atoms with Crippen LogP contribution >= 0.6 is 0 Å². The lowest BCUT2D eigenvalue weighted by molar-refractivity contribution is -0.136. The first-order valence-electron chi connectivity index (χ1n) is 2.93. The third-order valence-electron chi connectivity index (χ3n) is 1.33. The van der Waals surface area contributed by atoms with Gasteiger partial charge < -0.3 is 9.47 Å². The van der Waals surface area contributed by atoms with Crippen LogP contribution in [-0.2, 0) is 14.3 Å². The Morgan fingerprint density at radius 2 is 1.60 bits per heavy atom. The number of hydrogen-bond acceptors (Lipinski definition) is 3. The summed E-state index contributed by atoms with van der Waals surface area (Å²) < 4.78 is 9.27. The number of rotatable bonds is 2. The van der Waals surface area contributed by atoms with Gasteiger partial charge in [0.2, 0.25) is 0 Å². The fourth-order valence-electron chi connectivity index (χ4n) is 0.450. The summed E-state index contributed by atoms with van der Waals surface area (Å²) in [5.41, 5.74) is 0.505. The van der Waals surface area contributed by atoms with Gasteiger partial charge in [-0.15, -0.1) is 0 Å². The second-order valence-corrected chi connectivity index (χ2v) is 1.88. The molecule has 0 N–H and O–H groups in total. The molecule has 0 unspecified atom stereocenters. The summed E-state index contributed by atoms with van der Waals surface area (Å²) >= 11 is 0. The Kier molecular flexibility index (Phi) is 3.54. The monoisotopic (exact) mass is 144 g/mol. The van der Waals surface area contributed by atoms with Crippen molar-refractivity contribution in [1.82, 2.24) is 0 Å². The molecule has 0 aromatic heterocycles. The van der Waals surface area contributed by atoms with E-state index in [2.05, 4.69) is 4.74 Å². The molecule has 3 nitrogen and oxygen atoms in total. The average Bonchev–Trinajstić information content (AvgIpc) is 2.00. The van der Waals surface area contributed by atoms with E-state index in [0.29, 0.717) is 11.3 Å². The van der Waals surface area contributed by atoms with Gasteiger partial charge in [0.15, 0.2) is 0 Å². The fraction of sp³-hybridized carbons (Fsp3) is 0.571. The molecule has 10 heavy (non-hydrogen) atoms. The van der Waals surface area contributed by atoms with Crippen LogP contribution in [0.3, 0.4) is 0 Å². The first kappa shape index (κ1) is 9.01. The lowest BCUT2D eigenvalue weighted by Crippen LogP contribution is -2.04. The molecule has 0 radical (unpaired) electrons. The second kappa shape index (κ2) is 3.93. The molecule has 0 aliphatic carbocycles. The average molecular weight is 144 g/mol. The van der Waals surface area contributed by atoms with E-state index in [9.17, 15) is 4.79 Å². The lowest BCUT2D eigenvalue weighted by Gasteiger charge is -2.02. The Bertz CT molecular complexity index is 158. The van der Waals surface area contributed by atoms with Gasteiger partial charge in [-0.2, -0.15) is 0 Å². The van der Waals surface area contributed by atoms with Crippen LogP contribution in [0.4, 0.5) is 0 Å².